The third-order valence-corrected chi connectivity index (χ3v) is 1.41. The Morgan fingerprint density at radius 1 is 1.75 bits per heavy atom. The summed E-state index contributed by atoms with van der Waals surface area (Å²) < 4.78 is 0. The number of aliphatic carboxylic acids is 1. The van der Waals surface area contributed by atoms with E-state index in [0.29, 0.717) is 0 Å². The Morgan fingerprint density at radius 3 is 2.38 bits per heavy atom. The van der Waals surface area contributed by atoms with Crippen LogP contribution in [0.15, 0.2) is 11.0 Å². The number of rotatable bonds is 2. The van der Waals surface area contributed by atoms with Gasteiger partial charge in [-0.3, -0.25) is 0 Å². The molecule has 0 bridgehead atoms. The SMILES string of the molecule is CS/C(C)=C\C(=O)O. The molecule has 0 rings (SSSR count). The largest absolute Gasteiger partial charge is 0.478 e. The summed E-state index contributed by atoms with van der Waals surface area (Å²) in [7, 11) is 0. The lowest BCUT2D eigenvalue weighted by Crippen LogP contribution is -1.86. The molecule has 0 aliphatic rings. The molecule has 0 unspecified atom stereocenters. The first-order valence-corrected chi connectivity index (χ1v) is 3.34. The van der Waals surface area contributed by atoms with E-state index in [9.17, 15) is 4.79 Å². The van der Waals surface area contributed by atoms with E-state index in [1.807, 2.05) is 6.26 Å². The minimum atomic E-state index is -0.878. The van der Waals surface area contributed by atoms with Crippen LogP contribution in [0.25, 0.3) is 0 Å². The van der Waals surface area contributed by atoms with Gasteiger partial charge in [-0.1, -0.05) is 0 Å². The molecule has 0 radical (unpaired) electrons. The highest BCUT2D eigenvalue weighted by atomic mass is 32.2. The van der Waals surface area contributed by atoms with Crippen LogP contribution in [0, 0.1) is 0 Å². The van der Waals surface area contributed by atoms with Gasteiger partial charge in [0, 0.05) is 6.08 Å². The molecule has 0 heterocycles. The zero-order chi connectivity index (χ0) is 6.57. The third kappa shape index (κ3) is 3.74. The summed E-state index contributed by atoms with van der Waals surface area (Å²) >= 11 is 1.43. The van der Waals surface area contributed by atoms with E-state index in [-0.39, 0.29) is 0 Å². The van der Waals surface area contributed by atoms with Crippen LogP contribution in [0.1, 0.15) is 6.92 Å². The van der Waals surface area contributed by atoms with Crippen molar-refractivity contribution in [2.24, 2.45) is 0 Å². The van der Waals surface area contributed by atoms with Crippen molar-refractivity contribution in [2.45, 2.75) is 6.92 Å². The van der Waals surface area contributed by atoms with Crippen LogP contribution in [-0.2, 0) is 4.79 Å². The Morgan fingerprint density at radius 2 is 2.25 bits per heavy atom. The van der Waals surface area contributed by atoms with Crippen molar-refractivity contribution >= 4 is 17.7 Å². The van der Waals surface area contributed by atoms with Gasteiger partial charge in [-0.05, 0) is 18.1 Å². The van der Waals surface area contributed by atoms with Crippen LogP contribution in [0.4, 0.5) is 0 Å². The summed E-state index contributed by atoms with van der Waals surface area (Å²) in [5, 5.41) is 8.13. The molecule has 0 saturated carbocycles. The summed E-state index contributed by atoms with van der Waals surface area (Å²) in [5.41, 5.74) is 0. The highest BCUT2D eigenvalue weighted by molar-refractivity contribution is 8.02. The molecular formula is C5H8O2S. The van der Waals surface area contributed by atoms with Gasteiger partial charge < -0.3 is 5.11 Å². The van der Waals surface area contributed by atoms with Crippen molar-refractivity contribution in [3.8, 4) is 0 Å². The molecule has 0 atom stereocenters. The number of carboxylic acid groups (broad SMARTS) is 1. The van der Waals surface area contributed by atoms with Crippen LogP contribution in [0.2, 0.25) is 0 Å². The Bertz CT molecular complexity index is 118. The molecule has 0 aliphatic heterocycles. The van der Waals surface area contributed by atoms with Crippen molar-refractivity contribution < 1.29 is 9.90 Å². The number of carboxylic acids is 1. The number of thioether (sulfide) groups is 1. The lowest BCUT2D eigenvalue weighted by atomic mass is 10.5. The first kappa shape index (κ1) is 7.56. The van der Waals surface area contributed by atoms with E-state index in [1.165, 1.54) is 17.8 Å². The fourth-order valence-electron chi connectivity index (χ4n) is 0.233. The van der Waals surface area contributed by atoms with Crippen molar-refractivity contribution in [3.05, 3.63) is 11.0 Å². The Kier molecular flexibility index (Phi) is 3.35. The van der Waals surface area contributed by atoms with Gasteiger partial charge in [0.1, 0.15) is 0 Å². The summed E-state index contributed by atoms with van der Waals surface area (Å²) in [5.74, 6) is -0.878. The minimum absolute atomic E-state index is 0.817. The molecule has 0 aliphatic carbocycles. The summed E-state index contributed by atoms with van der Waals surface area (Å²) in [6, 6.07) is 0. The molecule has 0 aromatic carbocycles. The number of allylic oxidation sites excluding steroid dienone is 1. The van der Waals surface area contributed by atoms with Gasteiger partial charge in [-0.15, -0.1) is 11.8 Å². The summed E-state index contributed by atoms with van der Waals surface area (Å²) in [6.07, 6.45) is 3.03. The minimum Gasteiger partial charge on any atom is -0.478 e. The average Bonchev–Trinajstić information content (AvgIpc) is 1.65. The van der Waals surface area contributed by atoms with Crippen molar-refractivity contribution in [3.63, 3.8) is 0 Å². The van der Waals surface area contributed by atoms with Gasteiger partial charge in [0.25, 0.3) is 0 Å². The van der Waals surface area contributed by atoms with Crippen molar-refractivity contribution in [1.29, 1.82) is 0 Å². The van der Waals surface area contributed by atoms with Gasteiger partial charge in [0.15, 0.2) is 0 Å². The normalized spacial score (nSPS) is 11.5. The molecule has 0 aromatic rings. The van der Waals surface area contributed by atoms with Crippen LogP contribution < -0.4 is 0 Å². The van der Waals surface area contributed by atoms with E-state index < -0.39 is 5.97 Å². The van der Waals surface area contributed by atoms with Crippen LogP contribution in [0.3, 0.4) is 0 Å². The number of hydrogen-bond acceptors (Lipinski definition) is 2. The van der Waals surface area contributed by atoms with Crippen LogP contribution >= 0.6 is 11.8 Å². The number of carbonyl (C=O) groups is 1. The predicted octanol–water partition coefficient (Wildman–Crippen LogP) is 1.34. The van der Waals surface area contributed by atoms with E-state index in [0.717, 1.165) is 4.91 Å². The first-order chi connectivity index (χ1) is 3.66. The molecule has 3 heteroatoms. The topological polar surface area (TPSA) is 37.3 Å². The molecule has 0 fully saturated rings. The summed E-state index contributed by atoms with van der Waals surface area (Å²) in [4.78, 5) is 10.7. The predicted molar refractivity (Wildman–Crippen MR) is 34.9 cm³/mol. The Labute approximate surface area is 52.6 Å². The Hall–Kier alpha value is -0.440. The van der Waals surface area contributed by atoms with Gasteiger partial charge in [0.2, 0.25) is 0 Å². The van der Waals surface area contributed by atoms with Gasteiger partial charge in [-0.2, -0.15) is 0 Å². The molecule has 0 aromatic heterocycles. The smallest absolute Gasteiger partial charge is 0.329 e. The average molecular weight is 132 g/mol. The second-order valence-electron chi connectivity index (χ2n) is 1.30. The van der Waals surface area contributed by atoms with E-state index >= 15 is 0 Å². The summed E-state index contributed by atoms with van der Waals surface area (Å²) in [6.45, 7) is 1.76. The second kappa shape index (κ2) is 3.55. The second-order valence-corrected chi connectivity index (χ2v) is 2.35. The van der Waals surface area contributed by atoms with Crippen LogP contribution in [0.5, 0.6) is 0 Å². The first-order valence-electron chi connectivity index (χ1n) is 2.12. The molecule has 0 amide bonds. The molecule has 1 N–H and O–H groups in total. The number of hydrogen-bond donors (Lipinski definition) is 1. The molecule has 0 spiro atoms. The highest BCUT2D eigenvalue weighted by Gasteiger charge is 1.88. The fourth-order valence-corrected chi connectivity index (χ4v) is 0.451. The highest BCUT2D eigenvalue weighted by Crippen LogP contribution is 2.07. The maximum absolute atomic E-state index is 9.88. The van der Waals surface area contributed by atoms with E-state index in [4.69, 9.17) is 5.11 Å². The van der Waals surface area contributed by atoms with Gasteiger partial charge in [-0.25, -0.2) is 4.79 Å². The fraction of sp³-hybridized carbons (Fsp3) is 0.400. The van der Waals surface area contributed by atoms with E-state index in [1.54, 1.807) is 6.92 Å². The molecule has 8 heavy (non-hydrogen) atoms. The van der Waals surface area contributed by atoms with Gasteiger partial charge in [0.05, 0.1) is 0 Å². The monoisotopic (exact) mass is 132 g/mol. The van der Waals surface area contributed by atoms with E-state index in [2.05, 4.69) is 0 Å². The standard InChI is InChI=1S/C5H8O2S/c1-4(8-2)3-5(6)7/h3H,1-2H3,(H,6,7)/b4-3-. The Balaban J connectivity index is 3.75. The van der Waals surface area contributed by atoms with Crippen molar-refractivity contribution in [1.82, 2.24) is 0 Å². The maximum Gasteiger partial charge on any atom is 0.329 e. The molecular weight excluding hydrogens is 124 g/mol. The lowest BCUT2D eigenvalue weighted by molar-refractivity contribution is -0.131. The lowest BCUT2D eigenvalue weighted by Gasteiger charge is -1.87. The quantitative estimate of drug-likeness (QED) is 0.576. The molecule has 0 saturated heterocycles. The van der Waals surface area contributed by atoms with Crippen molar-refractivity contribution in [2.75, 3.05) is 6.26 Å². The maximum atomic E-state index is 9.88. The molecule has 46 valence electrons. The van der Waals surface area contributed by atoms with Gasteiger partial charge >= 0.3 is 5.97 Å². The zero-order valence-electron chi connectivity index (χ0n) is 4.84. The third-order valence-electron chi connectivity index (χ3n) is 0.649. The zero-order valence-corrected chi connectivity index (χ0v) is 5.66. The van der Waals surface area contributed by atoms with Crippen LogP contribution in [-0.4, -0.2) is 17.3 Å². The molecule has 2 nitrogen and oxygen atoms in total.